The summed E-state index contributed by atoms with van der Waals surface area (Å²) >= 11 is 0. The van der Waals surface area contributed by atoms with Gasteiger partial charge >= 0.3 is 0 Å². The van der Waals surface area contributed by atoms with Crippen molar-refractivity contribution < 1.29 is 5.11 Å². The number of aromatic nitrogens is 4. The number of aliphatic hydroxyl groups excluding tert-OH is 1. The van der Waals surface area contributed by atoms with Gasteiger partial charge in [-0.2, -0.15) is 0 Å². The summed E-state index contributed by atoms with van der Waals surface area (Å²) in [5, 5.41) is 8.71. The lowest BCUT2D eigenvalue weighted by molar-refractivity contribution is 0.277. The van der Waals surface area contributed by atoms with E-state index in [0.29, 0.717) is 6.54 Å². The number of aliphatic hydroxyl groups is 1. The molecule has 0 radical (unpaired) electrons. The fourth-order valence-corrected chi connectivity index (χ4v) is 1.09. The van der Waals surface area contributed by atoms with Crippen molar-refractivity contribution >= 4 is 11.2 Å². The zero-order valence-corrected chi connectivity index (χ0v) is 6.38. The topological polar surface area (TPSA) is 63.8 Å². The average Bonchev–Trinajstić information content (AvgIpc) is 2.50. The Morgan fingerprint density at radius 3 is 3.17 bits per heavy atom. The minimum Gasteiger partial charge on any atom is -0.395 e. The summed E-state index contributed by atoms with van der Waals surface area (Å²) < 4.78 is 1.79. The van der Waals surface area contributed by atoms with Crippen LogP contribution < -0.4 is 0 Å². The number of imidazole rings is 1. The molecular weight excluding hydrogens is 156 g/mol. The smallest absolute Gasteiger partial charge is 0.163 e. The molecule has 12 heavy (non-hydrogen) atoms. The van der Waals surface area contributed by atoms with Gasteiger partial charge in [0, 0.05) is 6.54 Å². The van der Waals surface area contributed by atoms with Gasteiger partial charge in [-0.15, -0.1) is 0 Å². The Balaban J connectivity index is 2.55. The predicted octanol–water partition coefficient (Wildman–Crippen LogP) is -0.181. The summed E-state index contributed by atoms with van der Waals surface area (Å²) in [6, 6.07) is 0. The standard InChI is InChI=1S/C7H8N4O/c12-2-1-11-5-10-6-3-8-4-9-7(6)11/h3-5,12H,1-2H2. The molecule has 0 aliphatic rings. The molecule has 2 rings (SSSR count). The van der Waals surface area contributed by atoms with Crippen LogP contribution in [0.3, 0.4) is 0 Å². The molecule has 0 saturated heterocycles. The quantitative estimate of drug-likeness (QED) is 0.668. The molecule has 2 heterocycles. The summed E-state index contributed by atoms with van der Waals surface area (Å²) in [7, 11) is 0. The zero-order valence-electron chi connectivity index (χ0n) is 6.38. The number of hydrogen-bond donors (Lipinski definition) is 1. The molecule has 5 nitrogen and oxygen atoms in total. The third kappa shape index (κ3) is 1.04. The first-order valence-corrected chi connectivity index (χ1v) is 3.63. The molecule has 0 saturated carbocycles. The Hall–Kier alpha value is -1.49. The fourth-order valence-electron chi connectivity index (χ4n) is 1.09. The maximum atomic E-state index is 8.71. The van der Waals surface area contributed by atoms with Gasteiger partial charge in [0.1, 0.15) is 11.8 Å². The van der Waals surface area contributed by atoms with E-state index >= 15 is 0 Å². The molecule has 0 spiro atoms. The molecule has 0 fully saturated rings. The Morgan fingerprint density at radius 1 is 1.42 bits per heavy atom. The van der Waals surface area contributed by atoms with E-state index in [1.54, 1.807) is 17.1 Å². The highest BCUT2D eigenvalue weighted by Crippen LogP contribution is 2.05. The van der Waals surface area contributed by atoms with E-state index in [9.17, 15) is 0 Å². The summed E-state index contributed by atoms with van der Waals surface area (Å²) in [6.07, 6.45) is 4.77. The first-order valence-electron chi connectivity index (χ1n) is 3.63. The number of hydrogen-bond acceptors (Lipinski definition) is 4. The molecule has 0 atom stereocenters. The van der Waals surface area contributed by atoms with Crippen LogP contribution in [0.4, 0.5) is 0 Å². The molecule has 2 aromatic rings. The van der Waals surface area contributed by atoms with Crippen LogP contribution in [-0.2, 0) is 6.54 Å². The SMILES string of the molecule is OCCn1cnc2cncnc21. The van der Waals surface area contributed by atoms with E-state index in [1.807, 2.05) is 0 Å². The summed E-state index contributed by atoms with van der Waals surface area (Å²) in [5.41, 5.74) is 1.52. The van der Waals surface area contributed by atoms with Crippen LogP contribution in [0.2, 0.25) is 0 Å². The van der Waals surface area contributed by atoms with Gasteiger partial charge < -0.3 is 9.67 Å². The van der Waals surface area contributed by atoms with Gasteiger partial charge in [0.2, 0.25) is 0 Å². The van der Waals surface area contributed by atoms with Gasteiger partial charge in [-0.3, -0.25) is 0 Å². The van der Waals surface area contributed by atoms with Gasteiger partial charge in [0.25, 0.3) is 0 Å². The second kappa shape index (κ2) is 2.86. The highest BCUT2D eigenvalue weighted by molar-refractivity contribution is 5.68. The van der Waals surface area contributed by atoms with Crippen molar-refractivity contribution in [3.63, 3.8) is 0 Å². The van der Waals surface area contributed by atoms with Gasteiger partial charge in [-0.1, -0.05) is 0 Å². The molecule has 0 bridgehead atoms. The molecule has 0 aliphatic heterocycles. The van der Waals surface area contributed by atoms with Crippen molar-refractivity contribution in [1.29, 1.82) is 0 Å². The van der Waals surface area contributed by atoms with Crippen molar-refractivity contribution in [2.45, 2.75) is 6.54 Å². The van der Waals surface area contributed by atoms with E-state index in [1.165, 1.54) is 6.33 Å². The maximum absolute atomic E-state index is 8.71. The average molecular weight is 164 g/mol. The van der Waals surface area contributed by atoms with Gasteiger partial charge in [-0.25, -0.2) is 15.0 Å². The van der Waals surface area contributed by atoms with E-state index in [2.05, 4.69) is 15.0 Å². The molecule has 0 unspecified atom stereocenters. The fraction of sp³-hybridized carbons (Fsp3) is 0.286. The normalized spacial score (nSPS) is 10.8. The molecule has 0 aliphatic carbocycles. The molecule has 5 heteroatoms. The molecule has 0 amide bonds. The molecule has 62 valence electrons. The van der Waals surface area contributed by atoms with E-state index in [0.717, 1.165) is 11.2 Å². The first-order chi connectivity index (χ1) is 5.92. The molecule has 2 aromatic heterocycles. The molecule has 1 N–H and O–H groups in total. The highest BCUT2D eigenvalue weighted by atomic mass is 16.3. The largest absolute Gasteiger partial charge is 0.395 e. The lowest BCUT2D eigenvalue weighted by atomic mass is 10.5. The highest BCUT2D eigenvalue weighted by Gasteiger charge is 2.00. The summed E-state index contributed by atoms with van der Waals surface area (Å²) in [6.45, 7) is 0.614. The van der Waals surface area contributed by atoms with Gasteiger partial charge in [-0.05, 0) is 0 Å². The van der Waals surface area contributed by atoms with Crippen LogP contribution in [0.5, 0.6) is 0 Å². The monoisotopic (exact) mass is 164 g/mol. The lowest BCUT2D eigenvalue weighted by Crippen LogP contribution is -2.00. The van der Waals surface area contributed by atoms with Crippen LogP contribution in [0.25, 0.3) is 11.2 Å². The first kappa shape index (κ1) is 7.17. The van der Waals surface area contributed by atoms with Crippen molar-refractivity contribution in [1.82, 2.24) is 19.5 Å². The Kier molecular flexibility index (Phi) is 1.71. The van der Waals surface area contributed by atoms with E-state index < -0.39 is 0 Å². The second-order valence-corrected chi connectivity index (χ2v) is 2.39. The Morgan fingerprint density at radius 2 is 2.33 bits per heavy atom. The van der Waals surface area contributed by atoms with Gasteiger partial charge in [0.15, 0.2) is 5.65 Å². The molecule has 0 aromatic carbocycles. The van der Waals surface area contributed by atoms with E-state index in [-0.39, 0.29) is 6.61 Å². The summed E-state index contributed by atoms with van der Waals surface area (Å²) in [5.74, 6) is 0. The summed E-state index contributed by atoms with van der Waals surface area (Å²) in [4.78, 5) is 11.9. The third-order valence-corrected chi connectivity index (χ3v) is 1.62. The van der Waals surface area contributed by atoms with Crippen molar-refractivity contribution in [2.75, 3.05) is 6.61 Å². The van der Waals surface area contributed by atoms with Crippen LogP contribution >= 0.6 is 0 Å². The maximum Gasteiger partial charge on any atom is 0.163 e. The zero-order chi connectivity index (χ0) is 8.39. The Bertz CT molecular complexity index is 384. The van der Waals surface area contributed by atoms with Crippen LogP contribution in [-0.4, -0.2) is 31.2 Å². The third-order valence-electron chi connectivity index (χ3n) is 1.62. The number of fused-ring (bicyclic) bond motifs is 1. The van der Waals surface area contributed by atoms with E-state index in [4.69, 9.17) is 5.11 Å². The number of rotatable bonds is 2. The Labute approximate surface area is 68.7 Å². The van der Waals surface area contributed by atoms with Gasteiger partial charge in [0.05, 0.1) is 19.1 Å². The van der Waals surface area contributed by atoms with Crippen LogP contribution in [0.15, 0.2) is 18.9 Å². The van der Waals surface area contributed by atoms with Crippen LogP contribution in [0, 0.1) is 0 Å². The van der Waals surface area contributed by atoms with Crippen LogP contribution in [0.1, 0.15) is 0 Å². The van der Waals surface area contributed by atoms with Crippen molar-refractivity contribution in [3.05, 3.63) is 18.9 Å². The minimum absolute atomic E-state index is 0.0927. The second-order valence-electron chi connectivity index (χ2n) is 2.39. The number of nitrogens with zero attached hydrogens (tertiary/aromatic N) is 4. The van der Waals surface area contributed by atoms with Crippen molar-refractivity contribution in [3.8, 4) is 0 Å². The predicted molar refractivity (Wildman–Crippen MR) is 42.4 cm³/mol. The molecular formula is C7H8N4O. The minimum atomic E-state index is 0.0927. The lowest BCUT2D eigenvalue weighted by Gasteiger charge is -1.97. The van der Waals surface area contributed by atoms with Crippen molar-refractivity contribution in [2.24, 2.45) is 0 Å².